The van der Waals surface area contributed by atoms with Gasteiger partial charge < -0.3 is 10.1 Å². The maximum absolute atomic E-state index is 5.83. The molecule has 5 nitrogen and oxygen atoms in total. The van der Waals surface area contributed by atoms with Gasteiger partial charge in [-0.2, -0.15) is 15.0 Å². The summed E-state index contributed by atoms with van der Waals surface area (Å²) in [6, 6.07) is 5.96. The van der Waals surface area contributed by atoms with E-state index in [-0.39, 0.29) is 11.3 Å². The lowest BCUT2D eigenvalue weighted by Crippen LogP contribution is -2.04. The topological polar surface area (TPSA) is 59.9 Å². The van der Waals surface area contributed by atoms with Crippen LogP contribution in [0.1, 0.15) is 18.1 Å². The fourth-order valence-electron chi connectivity index (χ4n) is 1.50. The highest BCUT2D eigenvalue weighted by Crippen LogP contribution is 2.22. The Hall–Kier alpha value is -1.88. The summed E-state index contributed by atoms with van der Waals surface area (Å²) >= 11 is 5.83. The Labute approximate surface area is 117 Å². The molecule has 19 heavy (non-hydrogen) atoms. The molecule has 0 atom stereocenters. The lowest BCUT2D eigenvalue weighted by Gasteiger charge is -2.08. The van der Waals surface area contributed by atoms with E-state index < -0.39 is 0 Å². The van der Waals surface area contributed by atoms with Crippen LogP contribution in [0.4, 0.5) is 5.95 Å². The summed E-state index contributed by atoms with van der Waals surface area (Å²) in [5, 5.41) is 3.07. The third kappa shape index (κ3) is 3.54. The van der Waals surface area contributed by atoms with Gasteiger partial charge in [-0.15, -0.1) is 0 Å². The molecule has 0 amide bonds. The van der Waals surface area contributed by atoms with E-state index in [1.54, 1.807) is 0 Å². The molecule has 100 valence electrons. The van der Waals surface area contributed by atoms with Crippen LogP contribution >= 0.6 is 11.6 Å². The molecule has 1 N–H and O–H groups in total. The maximum Gasteiger partial charge on any atom is 0.328 e. The lowest BCUT2D eigenvalue weighted by atomic mass is 10.1. The minimum absolute atomic E-state index is 0.102. The van der Waals surface area contributed by atoms with Gasteiger partial charge in [-0.3, -0.25) is 0 Å². The zero-order chi connectivity index (χ0) is 13.8. The minimum Gasteiger partial charge on any atom is -0.424 e. The van der Waals surface area contributed by atoms with Crippen molar-refractivity contribution in [2.24, 2.45) is 0 Å². The molecule has 2 aromatic rings. The van der Waals surface area contributed by atoms with Crippen molar-refractivity contribution < 1.29 is 4.74 Å². The average molecular weight is 279 g/mol. The number of anilines is 1. The molecule has 0 fully saturated rings. The average Bonchev–Trinajstić information content (AvgIpc) is 2.33. The molecule has 0 unspecified atom stereocenters. The number of hydrogen-bond acceptors (Lipinski definition) is 5. The van der Waals surface area contributed by atoms with E-state index >= 15 is 0 Å². The van der Waals surface area contributed by atoms with Crippen LogP contribution in [0.5, 0.6) is 11.8 Å². The molecular weight excluding hydrogens is 264 g/mol. The van der Waals surface area contributed by atoms with Crippen LogP contribution < -0.4 is 10.1 Å². The van der Waals surface area contributed by atoms with Crippen LogP contribution in [0.25, 0.3) is 0 Å². The molecule has 0 saturated carbocycles. The van der Waals surface area contributed by atoms with Gasteiger partial charge in [-0.1, -0.05) is 6.07 Å². The number of rotatable bonds is 4. The number of nitrogens with zero attached hydrogens (tertiary/aromatic N) is 3. The van der Waals surface area contributed by atoms with Crippen LogP contribution in [0.15, 0.2) is 18.2 Å². The minimum atomic E-state index is 0.102. The van der Waals surface area contributed by atoms with Gasteiger partial charge in [0.15, 0.2) is 0 Å². The van der Waals surface area contributed by atoms with Crippen molar-refractivity contribution in [1.82, 2.24) is 15.0 Å². The molecule has 0 bridgehead atoms. The third-order valence-corrected chi connectivity index (χ3v) is 2.78. The summed E-state index contributed by atoms with van der Waals surface area (Å²) in [5.74, 6) is 1.08. The molecule has 1 heterocycles. The van der Waals surface area contributed by atoms with Gasteiger partial charge in [0.2, 0.25) is 11.2 Å². The number of aromatic nitrogens is 3. The van der Waals surface area contributed by atoms with Gasteiger partial charge >= 0.3 is 6.01 Å². The number of halogens is 1. The Balaban J connectivity index is 2.24. The molecular formula is C13H15ClN4O. The molecule has 6 heteroatoms. The Kier molecular flexibility index (Phi) is 4.16. The van der Waals surface area contributed by atoms with Gasteiger partial charge in [0.05, 0.1) is 0 Å². The zero-order valence-electron chi connectivity index (χ0n) is 11.1. The van der Waals surface area contributed by atoms with Gasteiger partial charge in [0.1, 0.15) is 5.75 Å². The highest BCUT2D eigenvalue weighted by Gasteiger charge is 2.07. The molecule has 0 aliphatic rings. The van der Waals surface area contributed by atoms with Crippen molar-refractivity contribution in [3.63, 3.8) is 0 Å². The summed E-state index contributed by atoms with van der Waals surface area (Å²) < 4.78 is 5.60. The maximum atomic E-state index is 5.83. The van der Waals surface area contributed by atoms with Crippen LogP contribution in [0.2, 0.25) is 5.28 Å². The molecule has 0 saturated heterocycles. The van der Waals surface area contributed by atoms with Crippen molar-refractivity contribution in [2.75, 3.05) is 11.9 Å². The molecule has 0 aliphatic heterocycles. The van der Waals surface area contributed by atoms with E-state index in [2.05, 4.69) is 20.3 Å². The predicted octanol–water partition coefficient (Wildman–Crippen LogP) is 3.37. The number of hydrogen-bond donors (Lipinski definition) is 1. The summed E-state index contributed by atoms with van der Waals surface area (Å²) in [5.41, 5.74) is 2.35. The van der Waals surface area contributed by atoms with Gasteiger partial charge in [0, 0.05) is 6.54 Å². The smallest absolute Gasteiger partial charge is 0.328 e. The molecule has 1 aromatic heterocycles. The van der Waals surface area contributed by atoms with Crippen LogP contribution in [-0.4, -0.2) is 21.5 Å². The first-order valence-electron chi connectivity index (χ1n) is 5.99. The van der Waals surface area contributed by atoms with Crippen molar-refractivity contribution >= 4 is 17.5 Å². The van der Waals surface area contributed by atoms with Gasteiger partial charge in [0.25, 0.3) is 0 Å². The highest BCUT2D eigenvalue weighted by molar-refractivity contribution is 6.28. The van der Waals surface area contributed by atoms with E-state index in [0.717, 1.165) is 5.56 Å². The number of aryl methyl sites for hydroxylation is 2. The van der Waals surface area contributed by atoms with Crippen molar-refractivity contribution in [2.45, 2.75) is 20.8 Å². The quantitative estimate of drug-likeness (QED) is 0.929. The standard InChI is InChI=1S/C13H15ClN4O/c1-4-15-12-16-11(14)17-13(18-12)19-10-6-5-8(2)9(3)7-10/h5-7H,4H2,1-3H3,(H,15,16,17,18). The molecule has 0 aliphatic carbocycles. The van der Waals surface area contributed by atoms with E-state index in [0.29, 0.717) is 18.2 Å². The van der Waals surface area contributed by atoms with E-state index in [1.807, 2.05) is 39.0 Å². The van der Waals surface area contributed by atoms with Gasteiger partial charge in [-0.05, 0) is 55.6 Å². The van der Waals surface area contributed by atoms with E-state index in [9.17, 15) is 0 Å². The second-order valence-electron chi connectivity index (χ2n) is 4.09. The molecule has 2 rings (SSSR count). The largest absolute Gasteiger partial charge is 0.424 e. The van der Waals surface area contributed by atoms with E-state index in [4.69, 9.17) is 16.3 Å². The summed E-state index contributed by atoms with van der Waals surface area (Å²) in [4.78, 5) is 12.0. The van der Waals surface area contributed by atoms with Gasteiger partial charge in [-0.25, -0.2) is 0 Å². The monoisotopic (exact) mass is 278 g/mol. The normalized spacial score (nSPS) is 10.3. The van der Waals surface area contributed by atoms with Crippen LogP contribution in [0.3, 0.4) is 0 Å². The highest BCUT2D eigenvalue weighted by atomic mass is 35.5. The van der Waals surface area contributed by atoms with Crippen molar-refractivity contribution in [1.29, 1.82) is 0 Å². The Morgan fingerprint density at radius 1 is 1.16 bits per heavy atom. The van der Waals surface area contributed by atoms with Crippen molar-refractivity contribution in [3.05, 3.63) is 34.6 Å². The zero-order valence-corrected chi connectivity index (χ0v) is 11.8. The summed E-state index contributed by atoms with van der Waals surface area (Å²) in [6.07, 6.45) is 0. The second kappa shape index (κ2) is 5.84. The number of benzene rings is 1. The predicted molar refractivity (Wildman–Crippen MR) is 75.0 cm³/mol. The molecule has 0 radical (unpaired) electrons. The summed E-state index contributed by atoms with van der Waals surface area (Å²) in [6.45, 7) is 6.71. The lowest BCUT2D eigenvalue weighted by molar-refractivity contribution is 0.440. The SMILES string of the molecule is CCNc1nc(Cl)nc(Oc2ccc(C)c(C)c2)n1. The van der Waals surface area contributed by atoms with E-state index in [1.165, 1.54) is 5.56 Å². The number of nitrogens with one attached hydrogen (secondary N) is 1. The Bertz CT molecular complexity index is 589. The Morgan fingerprint density at radius 3 is 2.63 bits per heavy atom. The summed E-state index contributed by atoms with van der Waals surface area (Å²) in [7, 11) is 0. The fourth-order valence-corrected chi connectivity index (χ4v) is 1.65. The first-order valence-corrected chi connectivity index (χ1v) is 6.37. The number of ether oxygens (including phenoxy) is 1. The first kappa shape index (κ1) is 13.5. The first-order chi connectivity index (χ1) is 9.08. The van der Waals surface area contributed by atoms with Crippen LogP contribution in [0, 0.1) is 13.8 Å². The van der Waals surface area contributed by atoms with Crippen molar-refractivity contribution in [3.8, 4) is 11.8 Å². The second-order valence-corrected chi connectivity index (χ2v) is 4.43. The fraction of sp³-hybridized carbons (Fsp3) is 0.308. The molecule has 1 aromatic carbocycles. The Morgan fingerprint density at radius 2 is 1.95 bits per heavy atom. The molecule has 0 spiro atoms. The third-order valence-electron chi connectivity index (χ3n) is 2.61. The van der Waals surface area contributed by atoms with Crippen LogP contribution in [-0.2, 0) is 0 Å².